The number of aromatic nitrogens is 2. The van der Waals surface area contributed by atoms with Crippen LogP contribution in [-0.2, 0) is 16.6 Å². The molecule has 0 aliphatic rings. The van der Waals surface area contributed by atoms with Crippen LogP contribution in [0.15, 0.2) is 36.4 Å². The molecule has 106 valence electrons. The van der Waals surface area contributed by atoms with Crippen LogP contribution >= 0.6 is 11.5 Å². The van der Waals surface area contributed by atoms with Crippen molar-refractivity contribution < 1.29 is 4.21 Å². The summed E-state index contributed by atoms with van der Waals surface area (Å²) in [6.45, 7) is 0. The summed E-state index contributed by atoms with van der Waals surface area (Å²) < 4.78 is 16.2. The van der Waals surface area contributed by atoms with Crippen LogP contribution in [0, 0.1) is 0 Å². The van der Waals surface area contributed by atoms with Crippen LogP contribution in [0.2, 0.25) is 0 Å². The van der Waals surface area contributed by atoms with E-state index in [9.17, 15) is 4.21 Å². The second-order valence-corrected chi connectivity index (χ2v) is 6.68. The van der Waals surface area contributed by atoms with E-state index in [1.54, 1.807) is 0 Å². The van der Waals surface area contributed by atoms with Crippen molar-refractivity contribution in [1.29, 1.82) is 0 Å². The minimum absolute atomic E-state index is 0.406. The molecule has 4 nitrogen and oxygen atoms in total. The van der Waals surface area contributed by atoms with E-state index < -0.39 is 10.8 Å². The first kappa shape index (κ1) is 14.9. The first-order valence-electron chi connectivity index (χ1n) is 6.21. The molecule has 0 amide bonds. The third-order valence-corrected chi connectivity index (χ3v) is 4.59. The van der Waals surface area contributed by atoms with Crippen LogP contribution in [0.1, 0.15) is 11.4 Å². The van der Waals surface area contributed by atoms with Crippen molar-refractivity contribution in [2.75, 3.05) is 24.7 Å². The smallest absolute Gasteiger partial charge is 0.204 e. The van der Waals surface area contributed by atoms with E-state index in [4.69, 9.17) is 0 Å². The van der Waals surface area contributed by atoms with E-state index in [1.165, 1.54) is 11.5 Å². The predicted molar refractivity (Wildman–Crippen MR) is 86.4 cm³/mol. The molecule has 0 bridgehead atoms. The first-order valence-corrected chi connectivity index (χ1v) is 8.48. The summed E-state index contributed by atoms with van der Waals surface area (Å²) in [5.41, 5.74) is 1.12. The highest BCUT2D eigenvalue weighted by Crippen LogP contribution is 2.14. The van der Waals surface area contributed by atoms with Crippen LogP contribution in [-0.4, -0.2) is 33.4 Å². The van der Waals surface area contributed by atoms with E-state index in [0.717, 1.165) is 10.7 Å². The Balaban J connectivity index is 1.84. The van der Waals surface area contributed by atoms with Crippen molar-refractivity contribution in [2.24, 2.45) is 0 Å². The summed E-state index contributed by atoms with van der Waals surface area (Å²) in [6.07, 6.45) is 3.92. The maximum atomic E-state index is 12.0. The molecule has 2 rings (SSSR count). The van der Waals surface area contributed by atoms with Gasteiger partial charge in [0, 0.05) is 42.2 Å². The maximum absolute atomic E-state index is 12.0. The molecule has 1 unspecified atom stereocenters. The third-order valence-electron chi connectivity index (χ3n) is 2.52. The Labute approximate surface area is 125 Å². The summed E-state index contributed by atoms with van der Waals surface area (Å²) >= 11 is 1.33. The summed E-state index contributed by atoms with van der Waals surface area (Å²) in [5, 5.41) is 0.844. The molecule has 0 aliphatic heterocycles. The molecule has 0 saturated carbocycles. The standard InChI is InChI=1S/C14H17N3OS2/c1-17(2)14-15-13(16-19-14)11-20(18)10-6-9-12-7-4-3-5-8-12/h3-9H,10-11H2,1-2H3/b9-6+. The quantitative estimate of drug-likeness (QED) is 0.823. The van der Waals surface area contributed by atoms with Crippen molar-refractivity contribution in [3.05, 3.63) is 47.8 Å². The summed E-state index contributed by atoms with van der Waals surface area (Å²) in [5.74, 6) is 1.58. The molecule has 0 aliphatic carbocycles. The van der Waals surface area contributed by atoms with Gasteiger partial charge in [0.25, 0.3) is 0 Å². The maximum Gasteiger partial charge on any atom is 0.204 e. The molecular formula is C14H17N3OS2. The van der Waals surface area contributed by atoms with E-state index in [1.807, 2.05) is 61.5 Å². The lowest BCUT2D eigenvalue weighted by Gasteiger charge is -2.04. The summed E-state index contributed by atoms with van der Waals surface area (Å²) in [4.78, 5) is 6.23. The Kier molecular flexibility index (Phi) is 5.43. The van der Waals surface area contributed by atoms with Gasteiger partial charge in [0.05, 0.1) is 5.75 Å². The zero-order chi connectivity index (χ0) is 14.4. The van der Waals surface area contributed by atoms with Crippen LogP contribution in [0.3, 0.4) is 0 Å². The SMILES string of the molecule is CN(C)c1nc(CS(=O)C/C=C/c2ccccc2)ns1. The van der Waals surface area contributed by atoms with Gasteiger partial charge >= 0.3 is 0 Å². The molecule has 0 saturated heterocycles. The molecular weight excluding hydrogens is 290 g/mol. The Morgan fingerprint density at radius 2 is 2.05 bits per heavy atom. The van der Waals surface area contributed by atoms with Gasteiger partial charge in [-0.15, -0.1) is 0 Å². The number of rotatable bonds is 6. The normalized spacial score (nSPS) is 12.7. The number of hydrogen-bond donors (Lipinski definition) is 0. The average Bonchev–Trinajstić information content (AvgIpc) is 2.88. The van der Waals surface area contributed by atoms with E-state index in [0.29, 0.717) is 17.3 Å². The van der Waals surface area contributed by atoms with E-state index in [-0.39, 0.29) is 0 Å². The largest absolute Gasteiger partial charge is 0.353 e. The molecule has 0 N–H and O–H groups in total. The van der Waals surface area contributed by atoms with Gasteiger partial charge in [0.15, 0.2) is 5.82 Å². The summed E-state index contributed by atoms with van der Waals surface area (Å²) in [7, 11) is 2.87. The van der Waals surface area contributed by atoms with E-state index in [2.05, 4.69) is 9.36 Å². The molecule has 1 heterocycles. The topological polar surface area (TPSA) is 46.1 Å². The van der Waals surface area contributed by atoms with Crippen LogP contribution in [0.5, 0.6) is 0 Å². The molecule has 6 heteroatoms. The van der Waals surface area contributed by atoms with Gasteiger partial charge in [-0.3, -0.25) is 4.21 Å². The molecule has 0 spiro atoms. The highest BCUT2D eigenvalue weighted by molar-refractivity contribution is 7.84. The fourth-order valence-corrected chi connectivity index (χ4v) is 3.07. The summed E-state index contributed by atoms with van der Waals surface area (Å²) in [6, 6.07) is 9.98. The van der Waals surface area contributed by atoms with Crippen LogP contribution in [0.25, 0.3) is 6.08 Å². The average molecular weight is 307 g/mol. The van der Waals surface area contributed by atoms with Crippen molar-refractivity contribution >= 4 is 33.5 Å². The highest BCUT2D eigenvalue weighted by atomic mass is 32.2. The molecule has 0 radical (unpaired) electrons. The number of benzene rings is 1. The lowest BCUT2D eigenvalue weighted by molar-refractivity contribution is 0.683. The lowest BCUT2D eigenvalue weighted by Crippen LogP contribution is -2.08. The second kappa shape index (κ2) is 7.31. The number of anilines is 1. The van der Waals surface area contributed by atoms with Crippen LogP contribution in [0.4, 0.5) is 5.13 Å². The van der Waals surface area contributed by atoms with Gasteiger partial charge < -0.3 is 4.90 Å². The van der Waals surface area contributed by atoms with Gasteiger partial charge in [0.1, 0.15) is 0 Å². The van der Waals surface area contributed by atoms with Gasteiger partial charge in [-0.2, -0.15) is 4.37 Å². The Morgan fingerprint density at radius 1 is 1.30 bits per heavy atom. The van der Waals surface area contributed by atoms with Crippen LogP contribution < -0.4 is 4.90 Å². The van der Waals surface area contributed by atoms with Gasteiger partial charge in [-0.1, -0.05) is 42.5 Å². The number of nitrogens with zero attached hydrogens (tertiary/aromatic N) is 3. The van der Waals surface area contributed by atoms with Gasteiger partial charge in [-0.05, 0) is 5.56 Å². The molecule has 1 aromatic carbocycles. The minimum atomic E-state index is -0.968. The fraction of sp³-hybridized carbons (Fsp3) is 0.286. The highest BCUT2D eigenvalue weighted by Gasteiger charge is 2.08. The molecule has 1 atom stereocenters. The second-order valence-electron chi connectivity index (χ2n) is 4.45. The molecule has 2 aromatic rings. The monoisotopic (exact) mass is 307 g/mol. The third kappa shape index (κ3) is 4.54. The lowest BCUT2D eigenvalue weighted by atomic mass is 10.2. The zero-order valence-electron chi connectivity index (χ0n) is 11.5. The Hall–Kier alpha value is -1.53. The minimum Gasteiger partial charge on any atom is -0.353 e. The fourth-order valence-electron chi connectivity index (χ4n) is 1.54. The Morgan fingerprint density at radius 3 is 2.70 bits per heavy atom. The van der Waals surface area contributed by atoms with E-state index >= 15 is 0 Å². The van der Waals surface area contributed by atoms with Crippen molar-refractivity contribution in [1.82, 2.24) is 9.36 Å². The van der Waals surface area contributed by atoms with Gasteiger partial charge in [-0.25, -0.2) is 4.98 Å². The Bertz CT molecular complexity index is 593. The zero-order valence-corrected chi connectivity index (χ0v) is 13.2. The number of hydrogen-bond acceptors (Lipinski definition) is 5. The predicted octanol–water partition coefficient (Wildman–Crippen LogP) is 2.57. The van der Waals surface area contributed by atoms with Crippen molar-refractivity contribution in [2.45, 2.75) is 5.75 Å². The van der Waals surface area contributed by atoms with Gasteiger partial charge in [0.2, 0.25) is 5.13 Å². The molecule has 1 aromatic heterocycles. The first-order chi connectivity index (χ1) is 9.65. The van der Waals surface area contributed by atoms with Crippen molar-refractivity contribution in [3.8, 4) is 0 Å². The molecule has 20 heavy (non-hydrogen) atoms. The molecule has 0 fully saturated rings. The van der Waals surface area contributed by atoms with Crippen molar-refractivity contribution in [3.63, 3.8) is 0 Å².